The summed E-state index contributed by atoms with van der Waals surface area (Å²) in [5.41, 5.74) is 22.7. The number of fused-ring (bicyclic) bond motifs is 5. The first-order valence-electron chi connectivity index (χ1n) is 24.9. The van der Waals surface area contributed by atoms with Gasteiger partial charge in [-0.05, 0) is 103 Å². The van der Waals surface area contributed by atoms with Crippen molar-refractivity contribution in [2.45, 2.75) is 117 Å². The van der Waals surface area contributed by atoms with Gasteiger partial charge >= 0.3 is 5.85 Å². The highest BCUT2D eigenvalue weighted by Gasteiger charge is 2.70. The highest BCUT2D eigenvalue weighted by molar-refractivity contribution is 6.03. The summed E-state index contributed by atoms with van der Waals surface area (Å²) in [6.45, 7) is 28.1. The minimum atomic E-state index is -1.05. The molecule has 4 nitrogen and oxygen atoms in total. The summed E-state index contributed by atoms with van der Waals surface area (Å²) in [7, 11) is 0. The first-order valence-corrected chi connectivity index (χ1v) is 24.9. The Bertz CT molecular complexity index is 3390. The van der Waals surface area contributed by atoms with Crippen LogP contribution >= 0.6 is 0 Å². The molecule has 0 radical (unpaired) electrons. The second-order valence-electron chi connectivity index (χ2n) is 24.1. The number of nitrogens with zero attached hydrogens (tertiary/aromatic N) is 3. The van der Waals surface area contributed by atoms with Crippen LogP contribution in [0.1, 0.15) is 123 Å². The Kier molecular flexibility index (Phi) is 9.15. The molecule has 2 unspecified atom stereocenters. The van der Waals surface area contributed by atoms with E-state index in [1.54, 1.807) is 0 Å². The third kappa shape index (κ3) is 6.43. The average molecular weight is 903 g/mol. The fraction of sp³-hybridized carbons (Fsp3) is 0.277. The van der Waals surface area contributed by atoms with Gasteiger partial charge in [-0.3, -0.25) is 0 Å². The van der Waals surface area contributed by atoms with Gasteiger partial charge in [-0.15, -0.1) is 4.57 Å². The predicted octanol–water partition coefficient (Wildman–Crippen LogP) is 16.5. The lowest BCUT2D eigenvalue weighted by molar-refractivity contribution is -0.774. The first-order chi connectivity index (χ1) is 32.7. The summed E-state index contributed by atoms with van der Waals surface area (Å²) in [5, 5.41) is 0. The van der Waals surface area contributed by atoms with Gasteiger partial charge in [0.25, 0.3) is 0 Å². The minimum Gasteiger partial charge on any atom is -0.410 e. The molecule has 8 aromatic rings. The van der Waals surface area contributed by atoms with Gasteiger partial charge in [-0.25, -0.2) is 4.90 Å². The van der Waals surface area contributed by atoms with Crippen LogP contribution in [0.5, 0.6) is 5.75 Å². The van der Waals surface area contributed by atoms with E-state index >= 15 is 0 Å². The molecule has 0 fully saturated rings. The van der Waals surface area contributed by atoms with E-state index in [-0.39, 0.29) is 27.8 Å². The molecule has 5 heterocycles. The minimum absolute atomic E-state index is 0.0402. The van der Waals surface area contributed by atoms with Crippen molar-refractivity contribution in [2.75, 3.05) is 9.80 Å². The lowest BCUT2D eigenvalue weighted by atomic mass is 9.77. The summed E-state index contributed by atoms with van der Waals surface area (Å²) < 4.78 is 10.7. The summed E-state index contributed by atoms with van der Waals surface area (Å²) in [5.74, 6) is -0.0772. The molecule has 0 aliphatic carbocycles. The maximum Gasteiger partial charge on any atom is 0.432 e. The molecule has 12 rings (SSSR count). The van der Waals surface area contributed by atoms with E-state index in [2.05, 4.69) is 261 Å². The molecular weight excluding hydrogens is 839 g/mol. The van der Waals surface area contributed by atoms with Crippen LogP contribution in [0, 0.1) is 0 Å². The maximum absolute atomic E-state index is 8.22. The Morgan fingerprint density at radius 3 is 1.67 bits per heavy atom. The van der Waals surface area contributed by atoms with Crippen LogP contribution in [0.4, 0.5) is 17.1 Å². The van der Waals surface area contributed by atoms with Crippen molar-refractivity contribution in [3.8, 4) is 61.5 Å². The Morgan fingerprint density at radius 2 is 1.03 bits per heavy atom. The molecule has 4 heteroatoms. The van der Waals surface area contributed by atoms with E-state index in [0.29, 0.717) is 0 Å². The van der Waals surface area contributed by atoms with Crippen molar-refractivity contribution in [1.82, 2.24) is 0 Å². The van der Waals surface area contributed by atoms with Crippen LogP contribution in [0.25, 0.3) is 55.8 Å². The molecule has 0 amide bonds. The van der Waals surface area contributed by atoms with Crippen LogP contribution in [0.2, 0.25) is 0 Å². The van der Waals surface area contributed by atoms with E-state index in [4.69, 9.17) is 4.74 Å². The number of ether oxygens (including phenoxy) is 1. The van der Waals surface area contributed by atoms with Gasteiger partial charge in [0, 0.05) is 39.9 Å². The number of hydrogen-bond donors (Lipinski definition) is 0. The van der Waals surface area contributed by atoms with Crippen LogP contribution in [0.15, 0.2) is 164 Å². The highest BCUT2D eigenvalue weighted by Crippen LogP contribution is 2.68. The third-order valence-corrected chi connectivity index (χ3v) is 15.4. The normalized spacial score (nSPS) is 17.5. The van der Waals surface area contributed by atoms with Gasteiger partial charge in [0.05, 0.1) is 22.6 Å². The van der Waals surface area contributed by atoms with Crippen molar-refractivity contribution in [1.29, 1.82) is 0 Å². The number of pyridine rings is 1. The third-order valence-electron chi connectivity index (χ3n) is 15.4. The maximum atomic E-state index is 8.22. The molecule has 7 aromatic carbocycles. The van der Waals surface area contributed by atoms with Crippen LogP contribution in [0.3, 0.4) is 0 Å². The van der Waals surface area contributed by atoms with Gasteiger partial charge in [0.1, 0.15) is 17.5 Å². The zero-order valence-electron chi connectivity index (χ0n) is 42.4. The molecular formula is C65H64N3O+. The SMILES string of the molecule is CC(C)(C)c1ccc(N2c3cccc4c3N3C2c2cc(C(C)(C)C)cc(C(C)(C)C)c2OC32c3c-4cc(C(C)(C)C)cc3-c3cc(-c4ccc(-c5ccccc5)cc4)cc[n+]32)c(-c2ccccc2)c1. The van der Waals surface area contributed by atoms with Crippen LogP contribution in [-0.2, 0) is 27.5 Å². The van der Waals surface area contributed by atoms with Crippen molar-refractivity contribution >= 4 is 17.1 Å². The van der Waals surface area contributed by atoms with Crippen molar-refractivity contribution in [3.63, 3.8) is 0 Å². The Labute approximate surface area is 409 Å². The van der Waals surface area contributed by atoms with Gasteiger partial charge in [0.2, 0.25) is 5.69 Å². The Morgan fingerprint density at radius 1 is 0.449 bits per heavy atom. The number of rotatable bonds is 4. The van der Waals surface area contributed by atoms with Crippen LogP contribution in [-0.4, -0.2) is 0 Å². The molecule has 4 aliphatic rings. The van der Waals surface area contributed by atoms with Crippen molar-refractivity contribution in [3.05, 3.63) is 197 Å². The van der Waals surface area contributed by atoms with Crippen molar-refractivity contribution in [2.24, 2.45) is 0 Å². The number of hydrogen-bond acceptors (Lipinski definition) is 3. The summed E-state index contributed by atoms with van der Waals surface area (Å²) >= 11 is 0. The molecule has 1 spiro atoms. The second kappa shape index (κ2) is 14.6. The summed E-state index contributed by atoms with van der Waals surface area (Å²) in [6.07, 6.45) is 2.06. The van der Waals surface area contributed by atoms with Gasteiger partial charge < -0.3 is 9.64 Å². The topological polar surface area (TPSA) is 19.6 Å². The predicted molar refractivity (Wildman–Crippen MR) is 287 cm³/mol. The first kappa shape index (κ1) is 43.4. The molecule has 1 aromatic heterocycles. The average Bonchev–Trinajstić information content (AvgIpc) is 3.81. The van der Waals surface area contributed by atoms with Gasteiger partial charge in [-0.1, -0.05) is 192 Å². The Balaban J connectivity index is 1.19. The fourth-order valence-corrected chi connectivity index (χ4v) is 11.6. The molecule has 2 atom stereocenters. The number of para-hydroxylation sites is 1. The van der Waals surface area contributed by atoms with Gasteiger partial charge in [-0.2, -0.15) is 0 Å². The molecule has 0 saturated carbocycles. The highest BCUT2D eigenvalue weighted by atomic mass is 16.5. The molecule has 4 aliphatic heterocycles. The molecule has 0 bridgehead atoms. The van der Waals surface area contributed by atoms with E-state index in [9.17, 15) is 0 Å². The lowest BCUT2D eigenvalue weighted by Crippen LogP contribution is -2.71. The monoisotopic (exact) mass is 903 g/mol. The zero-order chi connectivity index (χ0) is 48.2. The summed E-state index contributed by atoms with van der Waals surface area (Å²) in [6, 6.07) is 59.6. The lowest BCUT2D eigenvalue weighted by Gasteiger charge is -2.49. The van der Waals surface area contributed by atoms with E-state index in [0.717, 1.165) is 11.4 Å². The van der Waals surface area contributed by atoms with Crippen molar-refractivity contribution < 1.29 is 9.30 Å². The Hall–Kier alpha value is -6.91. The molecule has 0 N–H and O–H groups in total. The van der Waals surface area contributed by atoms with Crippen LogP contribution < -0.4 is 19.1 Å². The number of anilines is 3. The largest absolute Gasteiger partial charge is 0.432 e. The number of benzene rings is 7. The second-order valence-corrected chi connectivity index (χ2v) is 24.1. The molecule has 0 saturated heterocycles. The van der Waals surface area contributed by atoms with E-state index in [1.165, 1.54) is 101 Å². The fourth-order valence-electron chi connectivity index (χ4n) is 11.6. The smallest absolute Gasteiger partial charge is 0.410 e. The number of aromatic nitrogens is 1. The van der Waals surface area contributed by atoms with Gasteiger partial charge in [0.15, 0.2) is 6.20 Å². The molecule has 69 heavy (non-hydrogen) atoms. The zero-order valence-corrected chi connectivity index (χ0v) is 42.4. The van der Waals surface area contributed by atoms with E-state index < -0.39 is 5.85 Å². The van der Waals surface area contributed by atoms with E-state index in [1.807, 2.05) is 0 Å². The molecule has 344 valence electrons. The summed E-state index contributed by atoms with van der Waals surface area (Å²) in [4.78, 5) is 5.35. The standard InChI is InChI=1S/C65H64N3O/c1-61(2,3)45-30-31-54(49(35-45)43-22-17-14-18-23-43)67-55-25-19-24-48-50-36-46(62(4,5)6)37-51-56-34-44(42-28-26-41(27-29-42)40-20-15-13-16-21-40)32-33-66(56)65(57(50)51)68(58(48)55)60(67)52-38-47(63(7,8)9)39-53(59(52)69-65)64(10,11)12/h13-39,60H,1-12H3/q+1. The quantitative estimate of drug-likeness (QED) is 0.164.